The van der Waals surface area contributed by atoms with E-state index >= 15 is 0 Å². The van der Waals surface area contributed by atoms with E-state index in [2.05, 4.69) is 25.9 Å². The third-order valence-electron chi connectivity index (χ3n) is 6.42. The second kappa shape index (κ2) is 10.1. The van der Waals surface area contributed by atoms with Crippen molar-refractivity contribution in [3.63, 3.8) is 0 Å². The van der Waals surface area contributed by atoms with E-state index < -0.39 is 19.3 Å². The Morgan fingerprint density at radius 1 is 1.09 bits per heavy atom. The molecule has 0 unspecified atom stereocenters. The third-order valence-corrected chi connectivity index (χ3v) is 8.52. The van der Waals surface area contributed by atoms with Crippen molar-refractivity contribution in [2.75, 3.05) is 24.1 Å². The Balaban J connectivity index is 2.00. The summed E-state index contributed by atoms with van der Waals surface area (Å²) >= 11 is 0. The first-order chi connectivity index (χ1) is 15.4. The fourth-order valence-corrected chi connectivity index (χ4v) is 6.41. The summed E-state index contributed by atoms with van der Waals surface area (Å²) in [4.78, 5) is 1.92. The van der Waals surface area contributed by atoms with Gasteiger partial charge in [-0.05, 0) is 73.1 Å². The molecule has 0 amide bonds. The zero-order chi connectivity index (χ0) is 24.4. The van der Waals surface area contributed by atoms with E-state index in [0.717, 1.165) is 37.1 Å². The maximum absolute atomic E-state index is 14.3. The van der Waals surface area contributed by atoms with Crippen molar-refractivity contribution in [1.82, 2.24) is 0 Å². The number of hydrogen-bond acceptors (Lipinski definition) is 3. The van der Waals surface area contributed by atoms with Gasteiger partial charge in [0.05, 0.1) is 17.0 Å². The van der Waals surface area contributed by atoms with Crippen LogP contribution < -0.4 is 15.3 Å². The van der Waals surface area contributed by atoms with Crippen LogP contribution in [0.2, 0.25) is 0 Å². The zero-order valence-corrected chi connectivity index (χ0v) is 20.8. The smallest absolute Gasteiger partial charge is 0.378 e. The van der Waals surface area contributed by atoms with Gasteiger partial charge in [-0.3, -0.25) is 4.57 Å². The van der Waals surface area contributed by atoms with Crippen LogP contribution in [-0.2, 0) is 15.3 Å². The maximum atomic E-state index is 14.3. The topological polar surface area (TPSA) is 41.6 Å². The average molecular weight is 483 g/mol. The molecule has 0 bridgehead atoms. The van der Waals surface area contributed by atoms with Crippen LogP contribution >= 0.6 is 7.52 Å². The van der Waals surface area contributed by atoms with Crippen molar-refractivity contribution in [3.8, 4) is 0 Å². The molecule has 8 heteroatoms. The molecular formula is C25H34F3N2O2P. The Morgan fingerprint density at radius 3 is 2.33 bits per heavy atom. The van der Waals surface area contributed by atoms with Crippen LogP contribution in [0.4, 0.5) is 24.5 Å². The largest absolute Gasteiger partial charge is 0.416 e. The summed E-state index contributed by atoms with van der Waals surface area (Å²) in [7, 11) is 0.0870. The number of rotatable bonds is 7. The van der Waals surface area contributed by atoms with E-state index in [4.69, 9.17) is 4.52 Å². The lowest BCUT2D eigenvalue weighted by molar-refractivity contribution is -0.137. The number of anilines is 2. The monoisotopic (exact) mass is 482 g/mol. The van der Waals surface area contributed by atoms with Gasteiger partial charge in [0.2, 0.25) is 0 Å². The Labute approximate surface area is 195 Å². The normalized spacial score (nSPS) is 23.2. The van der Waals surface area contributed by atoms with Gasteiger partial charge in [0.1, 0.15) is 0 Å². The highest BCUT2D eigenvalue weighted by Gasteiger charge is 2.38. The van der Waals surface area contributed by atoms with Crippen LogP contribution in [0.3, 0.4) is 0 Å². The van der Waals surface area contributed by atoms with Gasteiger partial charge in [-0.1, -0.05) is 33.3 Å². The van der Waals surface area contributed by atoms with Gasteiger partial charge in [0.15, 0.2) is 0 Å². The lowest BCUT2D eigenvalue weighted by Crippen LogP contribution is -2.35. The molecule has 33 heavy (non-hydrogen) atoms. The van der Waals surface area contributed by atoms with Gasteiger partial charge in [0.25, 0.3) is 0 Å². The van der Waals surface area contributed by atoms with Crippen molar-refractivity contribution in [2.45, 2.75) is 52.3 Å². The Kier molecular flexibility index (Phi) is 7.85. The molecule has 0 aromatic heterocycles. The lowest BCUT2D eigenvalue weighted by atomic mass is 9.75. The molecular weight excluding hydrogens is 448 g/mol. The molecule has 0 radical (unpaired) electrons. The molecule has 1 fully saturated rings. The summed E-state index contributed by atoms with van der Waals surface area (Å²) in [6.07, 6.45) is -1.89. The van der Waals surface area contributed by atoms with Crippen molar-refractivity contribution in [1.29, 1.82) is 0 Å². The quantitative estimate of drug-likeness (QED) is 0.425. The first kappa shape index (κ1) is 25.6. The number of nitrogens with one attached hydrogen (secondary N) is 1. The maximum Gasteiger partial charge on any atom is 0.416 e. The number of benzene rings is 2. The van der Waals surface area contributed by atoms with Gasteiger partial charge >= 0.3 is 13.7 Å². The SMILES string of the molecule is CC(C)[C@H]1CC[C@@H](C)C[C@H]1O[P@](=O)(Nc1cccc(C(F)(F)F)c1)c1ccc(N(C)C)cc1. The highest BCUT2D eigenvalue weighted by atomic mass is 31.2. The minimum atomic E-state index is -4.49. The van der Waals surface area contributed by atoms with Gasteiger partial charge in [0, 0.05) is 25.5 Å². The molecule has 182 valence electrons. The van der Waals surface area contributed by atoms with Gasteiger partial charge < -0.3 is 14.5 Å². The molecule has 0 saturated heterocycles. The van der Waals surface area contributed by atoms with Crippen molar-refractivity contribution < 1.29 is 22.3 Å². The summed E-state index contributed by atoms with van der Waals surface area (Å²) < 4.78 is 60.5. The minimum Gasteiger partial charge on any atom is -0.378 e. The molecule has 1 saturated carbocycles. The average Bonchev–Trinajstić information content (AvgIpc) is 2.73. The summed E-state index contributed by atoms with van der Waals surface area (Å²) in [5, 5.41) is 3.31. The summed E-state index contributed by atoms with van der Waals surface area (Å²) in [5.74, 6) is 1.02. The predicted molar refractivity (Wildman–Crippen MR) is 129 cm³/mol. The van der Waals surface area contributed by atoms with E-state index in [1.807, 2.05) is 31.1 Å². The van der Waals surface area contributed by atoms with E-state index in [1.54, 1.807) is 12.1 Å². The molecule has 1 N–H and O–H groups in total. The molecule has 0 aliphatic heterocycles. The van der Waals surface area contributed by atoms with E-state index in [9.17, 15) is 17.7 Å². The number of hydrogen-bond donors (Lipinski definition) is 1. The molecule has 2 aromatic carbocycles. The summed E-state index contributed by atoms with van der Waals surface area (Å²) in [6.45, 7) is 6.42. The second-order valence-corrected chi connectivity index (χ2v) is 11.7. The molecule has 4 nitrogen and oxygen atoms in total. The Morgan fingerprint density at radius 2 is 1.76 bits per heavy atom. The van der Waals surface area contributed by atoms with Crippen LogP contribution in [0.25, 0.3) is 0 Å². The van der Waals surface area contributed by atoms with Gasteiger partial charge in [-0.25, -0.2) is 0 Å². The second-order valence-electron chi connectivity index (χ2n) is 9.62. The molecule has 0 spiro atoms. The van der Waals surface area contributed by atoms with Crippen LogP contribution in [0.5, 0.6) is 0 Å². The fraction of sp³-hybridized carbons (Fsp3) is 0.520. The van der Waals surface area contributed by atoms with Crippen molar-refractivity contribution >= 4 is 24.2 Å². The van der Waals surface area contributed by atoms with Crippen molar-refractivity contribution in [2.24, 2.45) is 17.8 Å². The molecule has 0 heterocycles. The highest BCUT2D eigenvalue weighted by Crippen LogP contribution is 2.51. The fourth-order valence-electron chi connectivity index (χ4n) is 4.46. The molecule has 1 aliphatic rings. The van der Waals surface area contributed by atoms with Crippen LogP contribution in [0.1, 0.15) is 45.6 Å². The number of halogens is 3. The highest BCUT2D eigenvalue weighted by molar-refractivity contribution is 7.68. The minimum absolute atomic E-state index is 0.120. The summed E-state index contributed by atoms with van der Waals surface area (Å²) in [6, 6.07) is 11.9. The number of nitrogens with zero attached hydrogens (tertiary/aromatic N) is 1. The lowest BCUT2D eigenvalue weighted by Gasteiger charge is -2.39. The number of alkyl halides is 3. The molecule has 4 atom stereocenters. The summed E-state index contributed by atoms with van der Waals surface area (Å²) in [5.41, 5.74) is 0.249. The van der Waals surface area contributed by atoms with Crippen LogP contribution in [0.15, 0.2) is 48.5 Å². The van der Waals surface area contributed by atoms with Crippen LogP contribution in [0, 0.1) is 17.8 Å². The van der Waals surface area contributed by atoms with E-state index in [0.29, 0.717) is 17.1 Å². The molecule has 2 aromatic rings. The first-order valence-electron chi connectivity index (χ1n) is 11.4. The third kappa shape index (κ3) is 6.33. The zero-order valence-electron chi connectivity index (χ0n) is 19.9. The van der Waals surface area contributed by atoms with Crippen molar-refractivity contribution in [3.05, 3.63) is 54.1 Å². The van der Waals surface area contributed by atoms with E-state index in [1.165, 1.54) is 12.1 Å². The standard InChI is InChI=1S/C25H34F3N2O2P/c1-17(2)23-14-9-18(3)15-24(23)32-33(31,22-12-10-21(11-13-22)30(4)5)29-20-8-6-7-19(16-20)25(26,27)28/h6-8,10-13,16-18,23-24H,9,14-15H2,1-5H3,(H,29,31)/t18-,23-,24-,33+/m1/s1. The van der Waals surface area contributed by atoms with Crippen LogP contribution in [-0.4, -0.2) is 20.2 Å². The molecule has 1 aliphatic carbocycles. The molecule has 3 rings (SSSR count). The van der Waals surface area contributed by atoms with Gasteiger partial charge in [-0.2, -0.15) is 13.2 Å². The predicted octanol–water partition coefficient (Wildman–Crippen LogP) is 7.18. The Hall–Kier alpha value is -1.98. The van der Waals surface area contributed by atoms with E-state index in [-0.39, 0.29) is 17.7 Å². The van der Waals surface area contributed by atoms with Gasteiger partial charge in [-0.15, -0.1) is 0 Å². The first-order valence-corrected chi connectivity index (χ1v) is 13.0. The Bertz CT molecular complexity index is 976.